The van der Waals surface area contributed by atoms with Crippen LogP contribution < -0.4 is 4.90 Å². The highest BCUT2D eigenvalue weighted by molar-refractivity contribution is 6.10. The van der Waals surface area contributed by atoms with Crippen LogP contribution in [0.3, 0.4) is 0 Å². The number of carbonyl (C=O) groups excluding carboxylic acids is 1. The molecule has 5 heteroatoms. The number of phenolic OH excluding ortho intramolecular Hbond substituents is 1. The molecule has 0 fully saturated rings. The molecule has 0 saturated heterocycles. The highest BCUT2D eigenvalue weighted by Crippen LogP contribution is 2.42. The Hall–Kier alpha value is -3.08. The third-order valence-electron chi connectivity index (χ3n) is 4.45. The van der Waals surface area contributed by atoms with Crippen LogP contribution in [-0.2, 0) is 0 Å². The van der Waals surface area contributed by atoms with Crippen LogP contribution in [0.4, 0.5) is 5.69 Å². The summed E-state index contributed by atoms with van der Waals surface area (Å²) in [6.07, 6.45) is 0. The average molecular weight is 319 g/mol. The van der Waals surface area contributed by atoms with Gasteiger partial charge in [-0.15, -0.1) is 0 Å². The number of rotatable bonds is 2. The van der Waals surface area contributed by atoms with Gasteiger partial charge in [-0.3, -0.25) is 14.8 Å². The number of aromatic hydroxyl groups is 1. The van der Waals surface area contributed by atoms with Gasteiger partial charge in [0.05, 0.1) is 6.04 Å². The van der Waals surface area contributed by atoms with E-state index in [2.05, 4.69) is 10.2 Å². The summed E-state index contributed by atoms with van der Waals surface area (Å²) >= 11 is 0. The lowest BCUT2D eigenvalue weighted by Gasteiger charge is -2.26. The van der Waals surface area contributed by atoms with E-state index in [-0.39, 0.29) is 17.7 Å². The SMILES string of the molecule is Cc1ccc(N2C(=O)c3n[nH]c(C)c3C2c2cccc(O)c2)cc1. The molecule has 4 rings (SSSR count). The molecule has 5 nitrogen and oxygen atoms in total. The van der Waals surface area contributed by atoms with E-state index in [0.717, 1.165) is 28.1 Å². The minimum Gasteiger partial charge on any atom is -0.508 e. The summed E-state index contributed by atoms with van der Waals surface area (Å²) in [6.45, 7) is 3.92. The number of phenols is 1. The number of anilines is 1. The van der Waals surface area contributed by atoms with Crippen LogP contribution in [0.5, 0.6) is 5.75 Å². The molecule has 2 aromatic carbocycles. The molecule has 1 amide bonds. The van der Waals surface area contributed by atoms with Crippen molar-refractivity contribution in [1.29, 1.82) is 0 Å². The molecule has 2 heterocycles. The summed E-state index contributed by atoms with van der Waals surface area (Å²) < 4.78 is 0. The van der Waals surface area contributed by atoms with Crippen LogP contribution in [-0.4, -0.2) is 21.2 Å². The van der Waals surface area contributed by atoms with Crippen molar-refractivity contribution in [2.45, 2.75) is 19.9 Å². The number of benzene rings is 2. The lowest BCUT2D eigenvalue weighted by atomic mass is 9.98. The number of amides is 1. The maximum absolute atomic E-state index is 12.9. The normalized spacial score (nSPS) is 16.5. The zero-order valence-electron chi connectivity index (χ0n) is 13.4. The predicted molar refractivity (Wildman–Crippen MR) is 91.3 cm³/mol. The lowest BCUT2D eigenvalue weighted by Crippen LogP contribution is -2.29. The van der Waals surface area contributed by atoms with E-state index in [9.17, 15) is 9.90 Å². The van der Waals surface area contributed by atoms with Crippen molar-refractivity contribution in [3.8, 4) is 5.75 Å². The maximum atomic E-state index is 12.9. The first-order valence-corrected chi connectivity index (χ1v) is 7.80. The van der Waals surface area contributed by atoms with Gasteiger partial charge in [-0.05, 0) is 43.7 Å². The zero-order chi connectivity index (χ0) is 16.8. The average Bonchev–Trinajstić information content (AvgIpc) is 3.07. The summed E-state index contributed by atoms with van der Waals surface area (Å²) in [6, 6.07) is 14.6. The Balaban J connectivity index is 1.91. The lowest BCUT2D eigenvalue weighted by molar-refractivity contribution is 0.0988. The number of nitrogens with zero attached hydrogens (tertiary/aromatic N) is 2. The van der Waals surface area contributed by atoms with Gasteiger partial charge in [0, 0.05) is 16.9 Å². The molecule has 1 aliphatic heterocycles. The number of aromatic nitrogens is 2. The Bertz CT molecular complexity index is 928. The number of carbonyl (C=O) groups is 1. The van der Waals surface area contributed by atoms with Crippen LogP contribution in [0.15, 0.2) is 48.5 Å². The first-order valence-electron chi connectivity index (χ1n) is 7.80. The Morgan fingerprint density at radius 2 is 1.88 bits per heavy atom. The van der Waals surface area contributed by atoms with E-state index in [1.807, 2.05) is 44.2 Å². The first kappa shape index (κ1) is 14.5. The standard InChI is InChI=1S/C19H17N3O2/c1-11-6-8-14(9-7-11)22-18(13-4-3-5-15(23)10-13)16-12(2)20-21-17(16)19(22)24/h3-10,18,23H,1-2H3,(H,20,21). The molecule has 3 aromatic rings. The van der Waals surface area contributed by atoms with E-state index >= 15 is 0 Å². The second-order valence-electron chi connectivity index (χ2n) is 6.12. The fourth-order valence-electron chi connectivity index (χ4n) is 3.28. The number of nitrogens with one attached hydrogen (secondary N) is 1. The Kier molecular flexibility index (Phi) is 3.16. The number of H-pyrrole nitrogens is 1. The molecule has 0 spiro atoms. The Labute approximate surface area is 139 Å². The van der Waals surface area contributed by atoms with Crippen molar-refractivity contribution in [1.82, 2.24) is 10.2 Å². The molecule has 0 saturated carbocycles. The van der Waals surface area contributed by atoms with Gasteiger partial charge < -0.3 is 5.11 Å². The Morgan fingerprint density at radius 3 is 2.58 bits per heavy atom. The predicted octanol–water partition coefficient (Wildman–Crippen LogP) is 3.48. The molecule has 120 valence electrons. The number of aromatic amines is 1. The summed E-state index contributed by atoms with van der Waals surface area (Å²) in [5.41, 5.74) is 4.98. The second-order valence-corrected chi connectivity index (χ2v) is 6.12. The van der Waals surface area contributed by atoms with E-state index in [0.29, 0.717) is 5.69 Å². The van der Waals surface area contributed by atoms with Gasteiger partial charge >= 0.3 is 0 Å². The van der Waals surface area contributed by atoms with Gasteiger partial charge in [-0.1, -0.05) is 29.8 Å². The third-order valence-corrected chi connectivity index (χ3v) is 4.45. The third kappa shape index (κ3) is 2.09. The second kappa shape index (κ2) is 5.23. The molecule has 2 N–H and O–H groups in total. The summed E-state index contributed by atoms with van der Waals surface area (Å²) in [7, 11) is 0. The zero-order valence-corrected chi connectivity index (χ0v) is 13.4. The highest BCUT2D eigenvalue weighted by atomic mass is 16.3. The van der Waals surface area contributed by atoms with Gasteiger partial charge in [-0.25, -0.2) is 0 Å². The topological polar surface area (TPSA) is 69.2 Å². The number of aryl methyl sites for hydroxylation is 2. The molecule has 1 atom stereocenters. The van der Waals surface area contributed by atoms with Crippen molar-refractivity contribution in [2.75, 3.05) is 4.90 Å². The summed E-state index contributed by atoms with van der Waals surface area (Å²) in [5, 5.41) is 17.0. The van der Waals surface area contributed by atoms with E-state index in [1.54, 1.807) is 23.1 Å². The van der Waals surface area contributed by atoms with Crippen LogP contribution in [0, 0.1) is 13.8 Å². The summed E-state index contributed by atoms with van der Waals surface area (Å²) in [5.74, 6) is 0.0462. The van der Waals surface area contributed by atoms with Crippen LogP contribution in [0.1, 0.15) is 38.9 Å². The van der Waals surface area contributed by atoms with E-state index in [1.165, 1.54) is 0 Å². The van der Waals surface area contributed by atoms with Gasteiger partial charge in [0.2, 0.25) is 0 Å². The van der Waals surface area contributed by atoms with Gasteiger partial charge in [0.25, 0.3) is 5.91 Å². The summed E-state index contributed by atoms with van der Waals surface area (Å²) in [4.78, 5) is 14.7. The smallest absolute Gasteiger partial charge is 0.279 e. The van der Waals surface area contributed by atoms with Gasteiger partial charge in [0.1, 0.15) is 5.75 Å². The number of hydrogen-bond donors (Lipinski definition) is 2. The van der Waals surface area contributed by atoms with Gasteiger partial charge in [-0.2, -0.15) is 5.10 Å². The molecule has 1 unspecified atom stereocenters. The van der Waals surface area contributed by atoms with Crippen LogP contribution >= 0.6 is 0 Å². The number of fused-ring (bicyclic) bond motifs is 1. The molecular formula is C19H17N3O2. The minimum absolute atomic E-state index is 0.133. The van der Waals surface area contributed by atoms with Crippen molar-refractivity contribution in [2.24, 2.45) is 0 Å². The number of hydrogen-bond acceptors (Lipinski definition) is 3. The van der Waals surface area contributed by atoms with Crippen LogP contribution in [0.2, 0.25) is 0 Å². The quantitative estimate of drug-likeness (QED) is 0.760. The fraction of sp³-hybridized carbons (Fsp3) is 0.158. The molecular weight excluding hydrogens is 302 g/mol. The Morgan fingerprint density at radius 1 is 1.12 bits per heavy atom. The molecule has 1 aliphatic rings. The van der Waals surface area contributed by atoms with Crippen molar-refractivity contribution < 1.29 is 9.90 Å². The van der Waals surface area contributed by atoms with E-state index < -0.39 is 0 Å². The molecule has 24 heavy (non-hydrogen) atoms. The van der Waals surface area contributed by atoms with Crippen molar-refractivity contribution in [3.05, 3.63) is 76.6 Å². The highest BCUT2D eigenvalue weighted by Gasteiger charge is 2.42. The minimum atomic E-state index is -0.305. The van der Waals surface area contributed by atoms with Crippen molar-refractivity contribution >= 4 is 11.6 Å². The molecule has 0 bridgehead atoms. The maximum Gasteiger partial charge on any atom is 0.279 e. The molecule has 1 aromatic heterocycles. The molecule has 0 aliphatic carbocycles. The first-order chi connectivity index (χ1) is 11.6. The molecule has 0 radical (unpaired) electrons. The fourth-order valence-corrected chi connectivity index (χ4v) is 3.28. The van der Waals surface area contributed by atoms with E-state index in [4.69, 9.17) is 0 Å². The van der Waals surface area contributed by atoms with Crippen LogP contribution in [0.25, 0.3) is 0 Å². The monoisotopic (exact) mass is 319 g/mol. The van der Waals surface area contributed by atoms with Gasteiger partial charge in [0.15, 0.2) is 5.69 Å². The van der Waals surface area contributed by atoms with Crippen molar-refractivity contribution in [3.63, 3.8) is 0 Å². The largest absolute Gasteiger partial charge is 0.508 e.